The number of rotatable bonds is 7. The molecule has 3 aromatic rings. The monoisotopic (exact) mass is 519 g/mol. The molecule has 7 nitrogen and oxygen atoms in total. The van der Waals surface area contributed by atoms with Crippen LogP contribution in [0, 0.1) is 5.92 Å². The van der Waals surface area contributed by atoms with Crippen molar-refractivity contribution in [2.45, 2.75) is 39.3 Å². The highest BCUT2D eigenvalue weighted by Crippen LogP contribution is 2.38. The first-order valence-corrected chi connectivity index (χ1v) is 13.8. The number of benzene rings is 2. The van der Waals surface area contributed by atoms with E-state index in [4.69, 9.17) is 9.47 Å². The van der Waals surface area contributed by atoms with Crippen LogP contribution in [-0.4, -0.2) is 59.4 Å². The second-order valence-electron chi connectivity index (χ2n) is 9.93. The average Bonchev–Trinajstić information content (AvgIpc) is 3.40. The van der Waals surface area contributed by atoms with E-state index in [0.717, 1.165) is 28.3 Å². The summed E-state index contributed by atoms with van der Waals surface area (Å²) in [5.74, 6) is 1.16. The summed E-state index contributed by atoms with van der Waals surface area (Å²) in [7, 11) is 0. The van der Waals surface area contributed by atoms with E-state index < -0.39 is 0 Å². The van der Waals surface area contributed by atoms with Gasteiger partial charge >= 0.3 is 0 Å². The lowest BCUT2D eigenvalue weighted by molar-refractivity contribution is -0.134. The quantitative estimate of drug-likeness (QED) is 0.452. The van der Waals surface area contributed by atoms with Crippen molar-refractivity contribution < 1.29 is 19.1 Å². The number of ether oxygens (including phenoxy) is 2. The fourth-order valence-electron chi connectivity index (χ4n) is 4.96. The molecule has 0 radical (unpaired) electrons. The molecule has 37 heavy (non-hydrogen) atoms. The molecule has 0 spiro atoms. The molecular weight excluding hydrogens is 486 g/mol. The summed E-state index contributed by atoms with van der Waals surface area (Å²) in [5.41, 5.74) is 3.90. The van der Waals surface area contributed by atoms with Gasteiger partial charge in [-0.05, 0) is 41.2 Å². The Hall–Kier alpha value is -3.23. The largest absolute Gasteiger partial charge is 0.486 e. The molecule has 2 amide bonds. The third-order valence-electron chi connectivity index (χ3n) is 6.80. The molecule has 1 saturated heterocycles. The topological polar surface area (TPSA) is 72.0 Å². The lowest BCUT2D eigenvalue weighted by Crippen LogP contribution is -2.41. The number of thiazole rings is 1. The molecule has 1 aromatic heterocycles. The van der Waals surface area contributed by atoms with Crippen LogP contribution in [0.15, 0.2) is 53.9 Å². The first-order chi connectivity index (χ1) is 18.0. The molecule has 2 aromatic carbocycles. The minimum absolute atomic E-state index is 0.0589. The smallest absolute Gasteiger partial charge is 0.273 e. The second-order valence-corrected chi connectivity index (χ2v) is 10.9. The number of aromatic nitrogens is 1. The van der Waals surface area contributed by atoms with E-state index in [1.165, 1.54) is 16.9 Å². The first kappa shape index (κ1) is 25.4. The van der Waals surface area contributed by atoms with Crippen LogP contribution in [0.2, 0.25) is 0 Å². The van der Waals surface area contributed by atoms with Gasteiger partial charge in [-0.25, -0.2) is 4.98 Å². The van der Waals surface area contributed by atoms with Crippen molar-refractivity contribution in [2.75, 3.05) is 32.8 Å². The highest BCUT2D eigenvalue weighted by Gasteiger charge is 2.32. The Balaban J connectivity index is 1.34. The highest BCUT2D eigenvalue weighted by atomic mass is 32.1. The zero-order valence-corrected chi connectivity index (χ0v) is 22.2. The third-order valence-corrected chi connectivity index (χ3v) is 7.62. The number of carbonyl (C=O) groups excluding carboxylic acids is 2. The van der Waals surface area contributed by atoms with Gasteiger partial charge in [0.15, 0.2) is 0 Å². The van der Waals surface area contributed by atoms with Gasteiger partial charge in [0.05, 0.1) is 19.3 Å². The molecule has 1 atom stereocenters. The summed E-state index contributed by atoms with van der Waals surface area (Å²) in [6.45, 7) is 7.47. The lowest BCUT2D eigenvalue weighted by atomic mass is 9.87. The fourth-order valence-corrected chi connectivity index (χ4v) is 5.64. The number of hydrogen-bond acceptors (Lipinski definition) is 6. The summed E-state index contributed by atoms with van der Waals surface area (Å²) in [6.07, 6.45) is 1.35. The molecule has 2 aliphatic heterocycles. The van der Waals surface area contributed by atoms with Crippen molar-refractivity contribution in [1.82, 2.24) is 14.8 Å². The van der Waals surface area contributed by atoms with Gasteiger partial charge < -0.3 is 19.3 Å². The van der Waals surface area contributed by atoms with E-state index >= 15 is 0 Å². The first-order valence-electron chi connectivity index (χ1n) is 12.9. The summed E-state index contributed by atoms with van der Waals surface area (Å²) >= 11 is 1.43. The Bertz CT molecular complexity index is 1240. The number of amides is 2. The molecule has 0 N–H and O–H groups in total. The SMILES string of the molecule is CC(C)CC(=O)N1CCc2ccc(OCc3nc(C(=O)N4CCOCC4)cs3)cc2C1c1ccccc1. The van der Waals surface area contributed by atoms with Crippen LogP contribution in [0.5, 0.6) is 5.75 Å². The van der Waals surface area contributed by atoms with Crippen molar-refractivity contribution in [2.24, 2.45) is 5.92 Å². The summed E-state index contributed by atoms with van der Waals surface area (Å²) in [5, 5.41) is 2.55. The van der Waals surface area contributed by atoms with E-state index in [1.807, 2.05) is 29.2 Å². The van der Waals surface area contributed by atoms with Gasteiger partial charge in [0.2, 0.25) is 5.91 Å². The van der Waals surface area contributed by atoms with Crippen molar-refractivity contribution in [3.8, 4) is 5.75 Å². The van der Waals surface area contributed by atoms with Crippen LogP contribution >= 0.6 is 11.3 Å². The predicted octanol–water partition coefficient (Wildman–Crippen LogP) is 4.71. The lowest BCUT2D eigenvalue weighted by Gasteiger charge is -2.38. The zero-order valence-electron chi connectivity index (χ0n) is 21.4. The second kappa shape index (κ2) is 11.4. The molecule has 1 fully saturated rings. The van der Waals surface area contributed by atoms with Crippen molar-refractivity contribution in [3.05, 3.63) is 81.3 Å². The average molecular weight is 520 g/mol. The summed E-state index contributed by atoms with van der Waals surface area (Å²) < 4.78 is 11.5. The van der Waals surface area contributed by atoms with E-state index in [0.29, 0.717) is 50.9 Å². The maximum absolute atomic E-state index is 13.2. The number of nitrogens with zero attached hydrogens (tertiary/aromatic N) is 3. The molecule has 0 bridgehead atoms. The molecule has 1 unspecified atom stereocenters. The van der Waals surface area contributed by atoms with Crippen LogP contribution in [0.25, 0.3) is 0 Å². The standard InChI is InChI=1S/C29H33N3O4S/c1-20(2)16-27(33)32-11-10-21-8-9-23(17-24(21)28(32)22-6-4-3-5-7-22)36-18-26-30-25(19-37-26)29(34)31-12-14-35-15-13-31/h3-9,17,19-20,28H,10-16,18H2,1-2H3. The number of morpholine rings is 1. The van der Waals surface area contributed by atoms with E-state index in [9.17, 15) is 9.59 Å². The van der Waals surface area contributed by atoms with Gasteiger partial charge in [0.25, 0.3) is 5.91 Å². The molecule has 8 heteroatoms. The van der Waals surface area contributed by atoms with Gasteiger partial charge in [-0.1, -0.05) is 50.2 Å². The Labute approximate surface area is 222 Å². The molecule has 5 rings (SSSR count). The van der Waals surface area contributed by atoms with Crippen molar-refractivity contribution in [3.63, 3.8) is 0 Å². The number of hydrogen-bond donors (Lipinski definition) is 0. The Morgan fingerprint density at radius 2 is 1.89 bits per heavy atom. The van der Waals surface area contributed by atoms with Gasteiger partial charge in [0, 0.05) is 31.4 Å². The van der Waals surface area contributed by atoms with Gasteiger partial charge in [0.1, 0.15) is 23.1 Å². The fraction of sp³-hybridized carbons (Fsp3) is 0.414. The summed E-state index contributed by atoms with van der Waals surface area (Å²) in [6, 6.07) is 16.2. The Kier molecular flexibility index (Phi) is 7.86. The molecule has 0 saturated carbocycles. The normalized spacial score (nSPS) is 17.5. The van der Waals surface area contributed by atoms with Gasteiger partial charge in [-0.2, -0.15) is 0 Å². The number of carbonyl (C=O) groups is 2. The third kappa shape index (κ3) is 5.86. The Morgan fingerprint density at radius 3 is 2.65 bits per heavy atom. The summed E-state index contributed by atoms with van der Waals surface area (Å²) in [4.78, 5) is 34.3. The van der Waals surface area contributed by atoms with E-state index in [2.05, 4.69) is 43.1 Å². The van der Waals surface area contributed by atoms with E-state index in [1.54, 1.807) is 10.3 Å². The molecule has 194 valence electrons. The van der Waals surface area contributed by atoms with Gasteiger partial charge in [-0.3, -0.25) is 9.59 Å². The molecular formula is C29H33N3O4S. The van der Waals surface area contributed by atoms with Crippen molar-refractivity contribution >= 4 is 23.2 Å². The zero-order chi connectivity index (χ0) is 25.8. The Morgan fingerprint density at radius 1 is 1.11 bits per heavy atom. The van der Waals surface area contributed by atoms with Crippen LogP contribution < -0.4 is 4.74 Å². The maximum atomic E-state index is 13.2. The predicted molar refractivity (Wildman–Crippen MR) is 143 cm³/mol. The minimum Gasteiger partial charge on any atom is -0.486 e. The highest BCUT2D eigenvalue weighted by molar-refractivity contribution is 7.09. The van der Waals surface area contributed by atoms with Crippen LogP contribution in [0.3, 0.4) is 0 Å². The van der Waals surface area contributed by atoms with Crippen LogP contribution in [-0.2, 0) is 22.6 Å². The van der Waals surface area contributed by atoms with Gasteiger partial charge in [-0.15, -0.1) is 11.3 Å². The molecule has 3 heterocycles. The van der Waals surface area contributed by atoms with Crippen LogP contribution in [0.1, 0.15) is 58.5 Å². The van der Waals surface area contributed by atoms with E-state index in [-0.39, 0.29) is 24.5 Å². The van der Waals surface area contributed by atoms with Crippen molar-refractivity contribution in [1.29, 1.82) is 0 Å². The molecule has 0 aliphatic carbocycles. The molecule has 2 aliphatic rings. The van der Waals surface area contributed by atoms with Crippen LogP contribution in [0.4, 0.5) is 0 Å². The minimum atomic E-state index is -0.141. The number of fused-ring (bicyclic) bond motifs is 1. The maximum Gasteiger partial charge on any atom is 0.273 e.